The van der Waals surface area contributed by atoms with Crippen molar-refractivity contribution in [2.24, 2.45) is 0 Å². The van der Waals surface area contributed by atoms with Crippen molar-refractivity contribution in [1.29, 1.82) is 0 Å². The molecule has 0 fully saturated rings. The molecule has 0 aliphatic carbocycles. The highest BCUT2D eigenvalue weighted by Gasteiger charge is 2.35. The molecule has 0 bridgehead atoms. The summed E-state index contributed by atoms with van der Waals surface area (Å²) in [7, 11) is -3.06. The van der Waals surface area contributed by atoms with Gasteiger partial charge in [-0.3, -0.25) is 0 Å². The number of rotatable bonds is 9. The Morgan fingerprint density at radius 3 is 2.30 bits per heavy atom. The first-order chi connectivity index (χ1) is 9.50. The maximum absolute atomic E-state index is 13.4. The number of hydrogen-bond donors (Lipinski definition) is 1. The molecule has 0 saturated heterocycles. The van der Waals surface area contributed by atoms with Crippen molar-refractivity contribution in [1.82, 2.24) is 0 Å². The third-order valence-electron chi connectivity index (χ3n) is 2.94. The Kier molecular flexibility index (Phi) is 7.29. The lowest BCUT2D eigenvalue weighted by Gasteiger charge is -2.22. The van der Waals surface area contributed by atoms with Crippen LogP contribution < -0.4 is 0 Å². The molecular formula is C14H22F2O3Si. The average molecular weight is 304 g/mol. The Morgan fingerprint density at radius 1 is 1.10 bits per heavy atom. The van der Waals surface area contributed by atoms with Gasteiger partial charge in [-0.25, -0.2) is 8.78 Å². The molecular weight excluding hydrogens is 282 g/mol. The molecule has 114 valence electrons. The molecule has 6 heteroatoms. The lowest BCUT2D eigenvalue weighted by atomic mass is 10.1. The predicted molar refractivity (Wildman–Crippen MR) is 75.3 cm³/mol. The van der Waals surface area contributed by atoms with Crippen molar-refractivity contribution < 1.29 is 22.4 Å². The first-order valence-electron chi connectivity index (χ1n) is 6.95. The molecule has 0 radical (unpaired) electrons. The topological polar surface area (TPSA) is 38.7 Å². The van der Waals surface area contributed by atoms with E-state index in [0.29, 0.717) is 44.1 Å². The van der Waals surface area contributed by atoms with Crippen LogP contribution >= 0.6 is 0 Å². The normalized spacial score (nSPS) is 11.8. The van der Waals surface area contributed by atoms with Gasteiger partial charge in [0.2, 0.25) is 0 Å². The van der Waals surface area contributed by atoms with Crippen LogP contribution in [0, 0.1) is 11.6 Å². The lowest BCUT2D eigenvalue weighted by molar-refractivity contribution is 0.107. The number of halogens is 2. The maximum Gasteiger partial charge on any atom is 0.498 e. The summed E-state index contributed by atoms with van der Waals surface area (Å²) in [6.45, 7) is 4.44. The number of hydrogen-bond acceptors (Lipinski definition) is 3. The van der Waals surface area contributed by atoms with E-state index in [0.717, 1.165) is 6.07 Å². The summed E-state index contributed by atoms with van der Waals surface area (Å²) in [6, 6.07) is 4.06. The second-order valence-electron chi connectivity index (χ2n) is 4.52. The highest BCUT2D eigenvalue weighted by Crippen LogP contribution is 2.17. The standard InChI is InChI=1S/C14H22F2O3Si/c1-3-18-20(17,19-4-2)10-6-5-7-12-8-9-13(15)11-14(12)16/h8-9,11,17H,3-7,10H2,1-2H3. The predicted octanol–water partition coefficient (Wildman–Crippen LogP) is 3.29. The van der Waals surface area contributed by atoms with E-state index in [2.05, 4.69) is 0 Å². The Hall–Kier alpha value is -0.823. The van der Waals surface area contributed by atoms with Gasteiger partial charge >= 0.3 is 8.80 Å². The average Bonchev–Trinajstić information content (AvgIpc) is 2.37. The fourth-order valence-electron chi connectivity index (χ4n) is 2.03. The van der Waals surface area contributed by atoms with Gasteiger partial charge in [-0.05, 0) is 44.7 Å². The van der Waals surface area contributed by atoms with E-state index in [1.165, 1.54) is 12.1 Å². The minimum absolute atomic E-state index is 0.412. The summed E-state index contributed by atoms with van der Waals surface area (Å²) >= 11 is 0. The fourth-order valence-corrected chi connectivity index (χ4v) is 4.00. The molecule has 0 spiro atoms. The van der Waals surface area contributed by atoms with Gasteiger partial charge < -0.3 is 13.6 Å². The van der Waals surface area contributed by atoms with Gasteiger partial charge in [-0.15, -0.1) is 0 Å². The molecule has 0 unspecified atom stereocenters. The van der Waals surface area contributed by atoms with Crippen LogP contribution in [-0.4, -0.2) is 26.8 Å². The molecule has 0 atom stereocenters. The molecule has 0 amide bonds. The van der Waals surface area contributed by atoms with Gasteiger partial charge in [0, 0.05) is 25.3 Å². The smallest absolute Gasteiger partial charge is 0.390 e. The molecule has 1 rings (SSSR count). The lowest BCUT2D eigenvalue weighted by Crippen LogP contribution is -2.42. The SMILES string of the molecule is CCO[Si](O)(CCCCc1ccc(F)cc1F)OCC. The zero-order valence-corrected chi connectivity index (χ0v) is 13.0. The highest BCUT2D eigenvalue weighted by atomic mass is 28.4. The summed E-state index contributed by atoms with van der Waals surface area (Å²) in [5.41, 5.74) is 0.490. The van der Waals surface area contributed by atoms with Gasteiger partial charge in [0.05, 0.1) is 0 Å². The summed E-state index contributed by atoms with van der Waals surface area (Å²) in [4.78, 5) is 10.2. The Morgan fingerprint density at radius 2 is 1.75 bits per heavy atom. The summed E-state index contributed by atoms with van der Waals surface area (Å²) in [5, 5.41) is 0. The maximum atomic E-state index is 13.4. The first-order valence-corrected chi connectivity index (χ1v) is 8.92. The Balaban J connectivity index is 2.39. The zero-order chi connectivity index (χ0) is 15.0. The molecule has 3 nitrogen and oxygen atoms in total. The molecule has 20 heavy (non-hydrogen) atoms. The van der Waals surface area contributed by atoms with Crippen LogP contribution in [0.15, 0.2) is 18.2 Å². The minimum Gasteiger partial charge on any atom is -0.390 e. The first kappa shape index (κ1) is 17.2. The van der Waals surface area contributed by atoms with E-state index >= 15 is 0 Å². The van der Waals surface area contributed by atoms with Crippen LogP contribution in [0.1, 0.15) is 32.3 Å². The van der Waals surface area contributed by atoms with Gasteiger partial charge in [-0.2, -0.15) is 0 Å². The van der Waals surface area contributed by atoms with Crippen molar-refractivity contribution in [3.8, 4) is 0 Å². The molecule has 1 aromatic carbocycles. The summed E-state index contributed by atoms with van der Waals surface area (Å²) in [5.74, 6) is -1.09. The molecule has 0 aliphatic rings. The van der Waals surface area contributed by atoms with E-state index in [-0.39, 0.29) is 0 Å². The van der Waals surface area contributed by atoms with Crippen LogP contribution in [0.4, 0.5) is 8.78 Å². The van der Waals surface area contributed by atoms with Crippen molar-refractivity contribution in [2.75, 3.05) is 13.2 Å². The molecule has 0 aromatic heterocycles. The van der Waals surface area contributed by atoms with Crippen molar-refractivity contribution in [2.45, 2.75) is 39.2 Å². The zero-order valence-electron chi connectivity index (χ0n) is 12.0. The molecule has 0 aliphatic heterocycles. The van der Waals surface area contributed by atoms with Gasteiger partial charge in [0.1, 0.15) is 11.6 Å². The second kappa shape index (κ2) is 8.46. The van der Waals surface area contributed by atoms with Crippen LogP contribution in [0.3, 0.4) is 0 Å². The number of aryl methyl sites for hydroxylation is 1. The van der Waals surface area contributed by atoms with Crippen LogP contribution in [0.25, 0.3) is 0 Å². The molecule has 0 saturated carbocycles. The number of benzene rings is 1. The summed E-state index contributed by atoms with van der Waals surface area (Å²) in [6.07, 6.45) is 1.88. The quantitative estimate of drug-likeness (QED) is 0.562. The van der Waals surface area contributed by atoms with Crippen LogP contribution in [0.5, 0.6) is 0 Å². The Labute approximate surface area is 119 Å². The van der Waals surface area contributed by atoms with Gasteiger partial charge in [0.25, 0.3) is 0 Å². The van der Waals surface area contributed by atoms with Crippen LogP contribution in [-0.2, 0) is 15.3 Å². The third-order valence-corrected chi connectivity index (χ3v) is 5.41. The highest BCUT2D eigenvalue weighted by molar-refractivity contribution is 6.59. The fraction of sp³-hybridized carbons (Fsp3) is 0.571. The monoisotopic (exact) mass is 304 g/mol. The summed E-state index contributed by atoms with van der Waals surface area (Å²) < 4.78 is 36.8. The number of unbranched alkanes of at least 4 members (excludes halogenated alkanes) is 1. The Bertz CT molecular complexity index is 409. The van der Waals surface area contributed by atoms with Gasteiger partial charge in [0.15, 0.2) is 0 Å². The third kappa shape index (κ3) is 5.66. The van der Waals surface area contributed by atoms with Crippen LogP contribution in [0.2, 0.25) is 6.04 Å². The minimum atomic E-state index is -3.06. The molecule has 1 aromatic rings. The molecule has 0 heterocycles. The van der Waals surface area contributed by atoms with Crippen molar-refractivity contribution >= 4 is 8.80 Å². The van der Waals surface area contributed by atoms with E-state index in [1.54, 1.807) is 0 Å². The largest absolute Gasteiger partial charge is 0.498 e. The van der Waals surface area contributed by atoms with E-state index in [9.17, 15) is 13.6 Å². The van der Waals surface area contributed by atoms with E-state index in [4.69, 9.17) is 8.85 Å². The van der Waals surface area contributed by atoms with E-state index in [1.807, 2.05) is 13.8 Å². The van der Waals surface area contributed by atoms with E-state index < -0.39 is 20.4 Å². The second-order valence-corrected chi connectivity index (χ2v) is 7.02. The van der Waals surface area contributed by atoms with Crippen molar-refractivity contribution in [3.63, 3.8) is 0 Å². The van der Waals surface area contributed by atoms with Crippen molar-refractivity contribution in [3.05, 3.63) is 35.4 Å². The molecule has 1 N–H and O–H groups in total. The van der Waals surface area contributed by atoms with Gasteiger partial charge in [-0.1, -0.05) is 6.07 Å².